The molecule has 0 aromatic rings. The minimum absolute atomic E-state index is 0.745. The number of nitrogens with zero attached hydrogens (tertiary/aromatic N) is 2. The highest BCUT2D eigenvalue weighted by Gasteiger charge is 2.19. The zero-order valence-electron chi connectivity index (χ0n) is 29.9. The zero-order valence-corrected chi connectivity index (χ0v) is 29.9. The van der Waals surface area contributed by atoms with Crippen LogP contribution in [0.15, 0.2) is 36.7 Å². The predicted molar refractivity (Wildman–Crippen MR) is 196 cm³/mol. The Hall–Kier alpha value is -1.18. The van der Waals surface area contributed by atoms with Crippen molar-refractivity contribution in [1.29, 1.82) is 0 Å². The first-order valence-electron chi connectivity index (χ1n) is 19.7. The van der Waals surface area contributed by atoms with Gasteiger partial charge in [-0.25, -0.2) is 0 Å². The van der Waals surface area contributed by atoms with Gasteiger partial charge in [-0.1, -0.05) is 167 Å². The first-order valence-corrected chi connectivity index (χ1v) is 19.7. The van der Waals surface area contributed by atoms with Crippen LogP contribution >= 0.6 is 0 Å². The maximum Gasteiger partial charge on any atom is 0.0893 e. The van der Waals surface area contributed by atoms with Crippen molar-refractivity contribution < 1.29 is 0 Å². The molecule has 1 aliphatic rings. The quantitative estimate of drug-likeness (QED) is 0.0547. The zero-order chi connectivity index (χ0) is 30.9. The molecule has 0 bridgehead atoms. The topological polar surface area (TPSA) is 6.48 Å². The van der Waals surface area contributed by atoms with Gasteiger partial charge in [0, 0.05) is 25.5 Å². The molecular weight excluding hydrogens is 520 g/mol. The van der Waals surface area contributed by atoms with Crippen LogP contribution in [0.5, 0.6) is 0 Å². The summed E-state index contributed by atoms with van der Waals surface area (Å²) in [5, 5.41) is 0. The molecule has 2 nitrogen and oxygen atoms in total. The van der Waals surface area contributed by atoms with Crippen LogP contribution in [0, 0.1) is 0 Å². The molecule has 0 radical (unpaired) electrons. The van der Waals surface area contributed by atoms with E-state index in [4.69, 9.17) is 0 Å². The Bertz CT molecular complexity index is 594. The van der Waals surface area contributed by atoms with Crippen LogP contribution in [0.3, 0.4) is 0 Å². The molecule has 0 amide bonds. The smallest absolute Gasteiger partial charge is 0.0893 e. The summed E-state index contributed by atoms with van der Waals surface area (Å²) in [7, 11) is 2.21. The lowest BCUT2D eigenvalue weighted by Gasteiger charge is -2.29. The standard InChI is InChI=1S/C41H78N2/c1-4-6-8-10-12-14-16-18-20-22-24-26-28-30-32-34-36-41(43-39-38-42(3)40-43)37-35-33-31-29-27-25-23-21-19-17-15-13-11-9-7-5-2/h18-21,38-39,41H,4-17,22-37,40H2,1-3H3. The highest BCUT2D eigenvalue weighted by atomic mass is 15.3. The lowest BCUT2D eigenvalue weighted by molar-refractivity contribution is 0.203. The number of rotatable bonds is 33. The van der Waals surface area contributed by atoms with Gasteiger partial charge in [-0.15, -0.1) is 0 Å². The Labute approximate surface area is 272 Å². The number of unbranched alkanes of at least 4 members (excludes halogenated alkanes) is 24. The Morgan fingerprint density at radius 2 is 0.767 bits per heavy atom. The fourth-order valence-electron chi connectivity index (χ4n) is 6.52. The van der Waals surface area contributed by atoms with E-state index in [0.29, 0.717) is 0 Å². The SMILES string of the molecule is CCCCCCCCC=CCCCCCCCCC(CCCCCCCCC=CCCCCCCCC)N1C=CN(C)C1. The lowest BCUT2D eigenvalue weighted by atomic mass is 9.99. The summed E-state index contributed by atoms with van der Waals surface area (Å²) in [5.74, 6) is 0. The minimum Gasteiger partial charge on any atom is -0.362 e. The molecular formula is C41H78N2. The molecule has 43 heavy (non-hydrogen) atoms. The average Bonchev–Trinajstić information content (AvgIpc) is 3.45. The van der Waals surface area contributed by atoms with Gasteiger partial charge in [0.2, 0.25) is 0 Å². The molecule has 0 aliphatic carbocycles. The van der Waals surface area contributed by atoms with E-state index < -0.39 is 0 Å². The van der Waals surface area contributed by atoms with Gasteiger partial charge in [-0.05, 0) is 64.2 Å². The van der Waals surface area contributed by atoms with Gasteiger partial charge < -0.3 is 9.80 Å². The van der Waals surface area contributed by atoms with Gasteiger partial charge in [0.1, 0.15) is 0 Å². The van der Waals surface area contributed by atoms with Crippen molar-refractivity contribution in [3.8, 4) is 0 Å². The number of allylic oxidation sites excluding steroid dienone is 4. The Morgan fingerprint density at radius 3 is 1.09 bits per heavy atom. The molecule has 0 N–H and O–H groups in total. The second-order valence-electron chi connectivity index (χ2n) is 13.8. The van der Waals surface area contributed by atoms with Crippen LogP contribution in [-0.2, 0) is 0 Å². The maximum atomic E-state index is 2.62. The molecule has 0 saturated carbocycles. The van der Waals surface area contributed by atoms with E-state index in [1.807, 2.05) is 0 Å². The summed E-state index contributed by atoms with van der Waals surface area (Å²) >= 11 is 0. The van der Waals surface area contributed by atoms with Crippen LogP contribution in [0.1, 0.15) is 206 Å². The highest BCUT2D eigenvalue weighted by molar-refractivity contribution is 4.92. The second kappa shape index (κ2) is 32.2. The van der Waals surface area contributed by atoms with Crippen LogP contribution in [0.4, 0.5) is 0 Å². The summed E-state index contributed by atoms with van der Waals surface area (Å²) < 4.78 is 0. The number of hydrogen-bond donors (Lipinski definition) is 0. The van der Waals surface area contributed by atoms with E-state index in [-0.39, 0.29) is 0 Å². The van der Waals surface area contributed by atoms with Crippen molar-refractivity contribution in [2.24, 2.45) is 0 Å². The molecule has 0 spiro atoms. The monoisotopic (exact) mass is 599 g/mol. The Balaban J connectivity index is 1.99. The molecule has 0 fully saturated rings. The van der Waals surface area contributed by atoms with Gasteiger partial charge in [0.25, 0.3) is 0 Å². The number of hydrogen-bond acceptors (Lipinski definition) is 2. The second-order valence-corrected chi connectivity index (χ2v) is 13.8. The third-order valence-corrected chi connectivity index (χ3v) is 9.47. The van der Waals surface area contributed by atoms with Gasteiger partial charge in [0.05, 0.1) is 6.67 Å². The van der Waals surface area contributed by atoms with E-state index in [2.05, 4.69) is 67.4 Å². The van der Waals surface area contributed by atoms with Crippen LogP contribution in [0.2, 0.25) is 0 Å². The third-order valence-electron chi connectivity index (χ3n) is 9.47. The predicted octanol–water partition coefficient (Wildman–Crippen LogP) is 13.9. The molecule has 1 rings (SSSR count). The molecule has 0 saturated heterocycles. The van der Waals surface area contributed by atoms with Crippen molar-refractivity contribution in [3.63, 3.8) is 0 Å². The fourth-order valence-corrected chi connectivity index (χ4v) is 6.52. The molecule has 0 aromatic heterocycles. The minimum atomic E-state index is 0.745. The van der Waals surface area contributed by atoms with Crippen LogP contribution < -0.4 is 0 Å². The van der Waals surface area contributed by atoms with E-state index >= 15 is 0 Å². The summed E-state index contributed by atoms with van der Waals surface area (Å²) in [6.07, 6.45) is 56.2. The van der Waals surface area contributed by atoms with Gasteiger partial charge in [-0.3, -0.25) is 0 Å². The van der Waals surface area contributed by atoms with Gasteiger partial charge in [-0.2, -0.15) is 0 Å². The van der Waals surface area contributed by atoms with E-state index in [0.717, 1.165) is 12.7 Å². The Kier molecular flexibility index (Phi) is 29.9. The fraction of sp³-hybridized carbons (Fsp3) is 0.854. The molecule has 2 heteroatoms. The maximum absolute atomic E-state index is 2.62. The molecule has 252 valence electrons. The third kappa shape index (κ3) is 26.9. The van der Waals surface area contributed by atoms with E-state index in [1.165, 1.54) is 193 Å². The van der Waals surface area contributed by atoms with Crippen LogP contribution in [0.25, 0.3) is 0 Å². The molecule has 0 atom stereocenters. The first-order chi connectivity index (χ1) is 21.3. The molecule has 1 heterocycles. The van der Waals surface area contributed by atoms with Crippen molar-refractivity contribution >= 4 is 0 Å². The van der Waals surface area contributed by atoms with Crippen LogP contribution in [-0.4, -0.2) is 29.6 Å². The molecule has 0 unspecified atom stereocenters. The van der Waals surface area contributed by atoms with E-state index in [1.54, 1.807) is 0 Å². The summed E-state index contributed by atoms with van der Waals surface area (Å²) in [4.78, 5) is 4.95. The summed E-state index contributed by atoms with van der Waals surface area (Å²) in [5.41, 5.74) is 0. The Morgan fingerprint density at radius 1 is 0.442 bits per heavy atom. The van der Waals surface area contributed by atoms with Crippen molar-refractivity contribution in [3.05, 3.63) is 36.7 Å². The summed E-state index contributed by atoms with van der Waals surface area (Å²) in [6, 6.07) is 0.745. The molecule has 1 aliphatic heterocycles. The summed E-state index contributed by atoms with van der Waals surface area (Å²) in [6.45, 7) is 5.68. The van der Waals surface area contributed by atoms with Gasteiger partial charge >= 0.3 is 0 Å². The average molecular weight is 599 g/mol. The first kappa shape index (κ1) is 39.8. The largest absolute Gasteiger partial charge is 0.362 e. The normalized spacial score (nSPS) is 14.3. The highest BCUT2D eigenvalue weighted by Crippen LogP contribution is 2.22. The van der Waals surface area contributed by atoms with Crippen molar-refractivity contribution in [2.45, 2.75) is 213 Å². The van der Waals surface area contributed by atoms with E-state index in [9.17, 15) is 0 Å². The lowest BCUT2D eigenvalue weighted by Crippen LogP contribution is -2.33. The van der Waals surface area contributed by atoms with Gasteiger partial charge in [0.15, 0.2) is 0 Å². The van der Waals surface area contributed by atoms with Crippen molar-refractivity contribution in [1.82, 2.24) is 9.80 Å². The molecule has 0 aromatic carbocycles. The van der Waals surface area contributed by atoms with Crippen molar-refractivity contribution in [2.75, 3.05) is 13.7 Å².